The van der Waals surface area contributed by atoms with Gasteiger partial charge in [0.05, 0.1) is 11.5 Å². The van der Waals surface area contributed by atoms with Crippen LogP contribution in [0, 0.1) is 0 Å². The van der Waals surface area contributed by atoms with E-state index in [1.54, 1.807) is 0 Å². The van der Waals surface area contributed by atoms with Crippen LogP contribution in [-0.4, -0.2) is 50.6 Å². The fourth-order valence-electron chi connectivity index (χ4n) is 3.49. The van der Waals surface area contributed by atoms with Gasteiger partial charge in [-0.25, -0.2) is 4.99 Å². The van der Waals surface area contributed by atoms with Crippen molar-refractivity contribution in [3.8, 4) is 0 Å². The first-order valence-corrected chi connectivity index (χ1v) is 11.1. The average molecular weight is 400 g/mol. The molecule has 0 spiro atoms. The highest BCUT2D eigenvalue weighted by Gasteiger charge is 2.20. The van der Waals surface area contributed by atoms with Crippen LogP contribution in [0.3, 0.4) is 0 Å². The van der Waals surface area contributed by atoms with Crippen molar-refractivity contribution >= 4 is 22.3 Å². The number of nitrogens with zero attached hydrogens (tertiary/aromatic N) is 3. The molecule has 3 rings (SSSR count). The van der Waals surface area contributed by atoms with Crippen molar-refractivity contribution in [3.63, 3.8) is 0 Å². The number of hydrogen-bond acceptors (Lipinski definition) is 4. The van der Waals surface area contributed by atoms with Gasteiger partial charge in [0, 0.05) is 32.2 Å². The molecule has 28 heavy (non-hydrogen) atoms. The van der Waals surface area contributed by atoms with Gasteiger partial charge < -0.3 is 20.4 Å². The van der Waals surface area contributed by atoms with Gasteiger partial charge in [-0.15, -0.1) is 11.3 Å². The summed E-state index contributed by atoms with van der Waals surface area (Å²) in [4.78, 5) is 9.48. The molecule has 1 aliphatic heterocycles. The molecule has 5 nitrogen and oxygen atoms in total. The highest BCUT2D eigenvalue weighted by molar-refractivity contribution is 7.14. The zero-order valence-corrected chi connectivity index (χ0v) is 18.1. The molecule has 6 heteroatoms. The summed E-state index contributed by atoms with van der Waals surface area (Å²) in [7, 11) is 4.19. The van der Waals surface area contributed by atoms with Gasteiger partial charge in [-0.05, 0) is 62.5 Å². The largest absolute Gasteiger partial charge is 0.363 e. The van der Waals surface area contributed by atoms with E-state index in [-0.39, 0.29) is 0 Å². The molecule has 1 aromatic heterocycles. The summed E-state index contributed by atoms with van der Waals surface area (Å²) in [6.45, 7) is 6.87. The lowest BCUT2D eigenvalue weighted by molar-refractivity contribution is 0.402. The Balaban J connectivity index is 1.51. The van der Waals surface area contributed by atoms with Crippen LogP contribution in [0.4, 0.5) is 5.00 Å². The lowest BCUT2D eigenvalue weighted by Crippen LogP contribution is -2.48. The van der Waals surface area contributed by atoms with Crippen LogP contribution in [-0.2, 0) is 13.1 Å². The maximum absolute atomic E-state index is 4.81. The Morgan fingerprint density at radius 1 is 1.14 bits per heavy atom. The number of anilines is 1. The molecular weight excluding hydrogens is 366 g/mol. The van der Waals surface area contributed by atoms with Crippen LogP contribution in [0.25, 0.3) is 0 Å². The molecule has 0 amide bonds. The topological polar surface area (TPSA) is 42.9 Å². The number of aliphatic imine (C=N–C) groups is 1. The number of guanidine groups is 1. The minimum atomic E-state index is 0.483. The standard InChI is InChI=1S/C22H33N5S/c1-4-23-22(24-16-18-7-9-19(10-8-18)17-26(2)3)25-20-11-13-27(14-12-20)21-6-5-15-28-21/h5-10,15,20H,4,11-14,16-17H2,1-3H3,(H2,23,24,25). The van der Waals surface area contributed by atoms with Crippen LogP contribution in [0.1, 0.15) is 30.9 Å². The summed E-state index contributed by atoms with van der Waals surface area (Å²) in [6.07, 6.45) is 2.28. The number of benzene rings is 1. The Morgan fingerprint density at radius 2 is 1.86 bits per heavy atom. The van der Waals surface area contributed by atoms with Crippen molar-refractivity contribution in [3.05, 3.63) is 52.9 Å². The van der Waals surface area contributed by atoms with Crippen LogP contribution in [0.2, 0.25) is 0 Å². The SMILES string of the molecule is CCNC(=NCc1ccc(CN(C)C)cc1)NC1CCN(c2cccs2)CC1. The highest BCUT2D eigenvalue weighted by atomic mass is 32.1. The Kier molecular flexibility index (Phi) is 7.74. The van der Waals surface area contributed by atoms with Gasteiger partial charge in [0.15, 0.2) is 5.96 Å². The number of nitrogens with one attached hydrogen (secondary N) is 2. The predicted molar refractivity (Wildman–Crippen MR) is 121 cm³/mol. The van der Waals surface area contributed by atoms with E-state index >= 15 is 0 Å². The van der Waals surface area contributed by atoms with Gasteiger partial charge in [-0.3, -0.25) is 0 Å². The van der Waals surface area contributed by atoms with Crippen LogP contribution >= 0.6 is 11.3 Å². The van der Waals surface area contributed by atoms with E-state index in [9.17, 15) is 0 Å². The fourth-order valence-corrected chi connectivity index (χ4v) is 4.28. The van der Waals surface area contributed by atoms with Gasteiger partial charge in [-0.2, -0.15) is 0 Å². The van der Waals surface area contributed by atoms with E-state index in [2.05, 4.69) is 83.2 Å². The molecule has 0 atom stereocenters. The molecule has 152 valence electrons. The summed E-state index contributed by atoms with van der Waals surface area (Å²) in [5.74, 6) is 0.925. The lowest BCUT2D eigenvalue weighted by atomic mass is 10.1. The highest BCUT2D eigenvalue weighted by Crippen LogP contribution is 2.24. The van der Waals surface area contributed by atoms with Crippen molar-refractivity contribution in [2.75, 3.05) is 38.6 Å². The van der Waals surface area contributed by atoms with Crippen LogP contribution in [0.15, 0.2) is 46.8 Å². The molecule has 1 aromatic carbocycles. The van der Waals surface area contributed by atoms with Crippen molar-refractivity contribution in [1.82, 2.24) is 15.5 Å². The fraction of sp³-hybridized carbons (Fsp3) is 0.500. The molecular formula is C22H33N5S. The summed E-state index contributed by atoms with van der Waals surface area (Å²) < 4.78 is 0. The van der Waals surface area contributed by atoms with E-state index in [0.29, 0.717) is 12.6 Å². The third-order valence-electron chi connectivity index (χ3n) is 4.94. The molecule has 0 radical (unpaired) electrons. The Bertz CT molecular complexity index is 716. The Morgan fingerprint density at radius 3 is 2.46 bits per heavy atom. The molecule has 1 fully saturated rings. The second-order valence-electron chi connectivity index (χ2n) is 7.61. The summed E-state index contributed by atoms with van der Waals surface area (Å²) in [5.41, 5.74) is 2.58. The summed E-state index contributed by atoms with van der Waals surface area (Å²) >= 11 is 1.83. The molecule has 2 heterocycles. The molecule has 2 N–H and O–H groups in total. The second-order valence-corrected chi connectivity index (χ2v) is 8.53. The number of piperidine rings is 1. The predicted octanol–water partition coefficient (Wildman–Crippen LogP) is 3.53. The first-order chi connectivity index (χ1) is 13.6. The van der Waals surface area contributed by atoms with Crippen LogP contribution in [0.5, 0.6) is 0 Å². The molecule has 2 aromatic rings. The molecule has 1 aliphatic rings. The minimum absolute atomic E-state index is 0.483. The average Bonchev–Trinajstić information content (AvgIpc) is 3.22. The first kappa shape index (κ1) is 20.7. The maximum atomic E-state index is 4.81. The lowest BCUT2D eigenvalue weighted by Gasteiger charge is -2.33. The van der Waals surface area contributed by atoms with Gasteiger partial charge in [0.1, 0.15) is 0 Å². The zero-order chi connectivity index (χ0) is 19.8. The molecule has 1 saturated heterocycles. The Labute approximate surface area is 173 Å². The quantitative estimate of drug-likeness (QED) is 0.552. The number of thiophene rings is 1. The Hall–Kier alpha value is -2.05. The van der Waals surface area contributed by atoms with Crippen molar-refractivity contribution in [2.24, 2.45) is 4.99 Å². The second kappa shape index (κ2) is 10.5. The normalized spacial score (nSPS) is 15.9. The van der Waals surface area contributed by atoms with Crippen molar-refractivity contribution < 1.29 is 0 Å². The molecule has 0 bridgehead atoms. The van der Waals surface area contributed by atoms with Crippen molar-refractivity contribution in [2.45, 2.75) is 38.9 Å². The number of rotatable bonds is 7. The van der Waals surface area contributed by atoms with E-state index in [4.69, 9.17) is 4.99 Å². The van der Waals surface area contributed by atoms with Crippen LogP contribution < -0.4 is 15.5 Å². The molecule has 0 saturated carbocycles. The van der Waals surface area contributed by atoms with E-state index in [0.717, 1.165) is 45.0 Å². The molecule has 0 unspecified atom stereocenters. The van der Waals surface area contributed by atoms with Crippen molar-refractivity contribution in [1.29, 1.82) is 0 Å². The zero-order valence-electron chi connectivity index (χ0n) is 17.3. The monoisotopic (exact) mass is 399 g/mol. The molecule has 0 aliphatic carbocycles. The first-order valence-electron chi connectivity index (χ1n) is 10.2. The van der Waals surface area contributed by atoms with Gasteiger partial charge in [0.25, 0.3) is 0 Å². The van der Waals surface area contributed by atoms with Gasteiger partial charge in [0.2, 0.25) is 0 Å². The van der Waals surface area contributed by atoms with E-state index < -0.39 is 0 Å². The van der Waals surface area contributed by atoms with Gasteiger partial charge >= 0.3 is 0 Å². The smallest absolute Gasteiger partial charge is 0.191 e. The van der Waals surface area contributed by atoms with E-state index in [1.807, 2.05) is 11.3 Å². The maximum Gasteiger partial charge on any atom is 0.191 e. The third-order valence-corrected chi connectivity index (χ3v) is 5.87. The minimum Gasteiger partial charge on any atom is -0.363 e. The third kappa shape index (κ3) is 6.24. The number of hydrogen-bond donors (Lipinski definition) is 2. The van der Waals surface area contributed by atoms with Gasteiger partial charge in [-0.1, -0.05) is 24.3 Å². The summed E-state index contributed by atoms with van der Waals surface area (Å²) in [5, 5.41) is 10.6. The van der Waals surface area contributed by atoms with E-state index in [1.165, 1.54) is 16.1 Å². The summed E-state index contributed by atoms with van der Waals surface area (Å²) in [6, 6.07) is 13.6.